The van der Waals surface area contributed by atoms with Crippen molar-refractivity contribution >= 4 is 45.2 Å². The standard InChI is InChI=1S/C17H22I2/c18-17(19)16(13-15-9-5-2-6-10-15)12-11-14-7-3-1-4-8-14/h2,5-6,9-10,14H,1,3-4,7-8,11-13H2. The maximum absolute atomic E-state index is 2.49. The summed E-state index contributed by atoms with van der Waals surface area (Å²) >= 11 is 4.98. The van der Waals surface area contributed by atoms with E-state index in [1.54, 1.807) is 5.57 Å². The van der Waals surface area contributed by atoms with Crippen LogP contribution in [0.1, 0.15) is 50.5 Å². The molecule has 1 aromatic rings. The third-order valence-electron chi connectivity index (χ3n) is 4.11. The van der Waals surface area contributed by atoms with E-state index < -0.39 is 0 Å². The average Bonchev–Trinajstić information content (AvgIpc) is 2.45. The van der Waals surface area contributed by atoms with Crippen molar-refractivity contribution in [2.24, 2.45) is 5.92 Å². The van der Waals surface area contributed by atoms with Gasteiger partial charge in [-0.15, -0.1) is 0 Å². The minimum Gasteiger partial charge on any atom is -0.0622 e. The van der Waals surface area contributed by atoms with Crippen LogP contribution < -0.4 is 0 Å². The van der Waals surface area contributed by atoms with Crippen molar-refractivity contribution in [3.63, 3.8) is 0 Å². The van der Waals surface area contributed by atoms with E-state index in [-0.39, 0.29) is 0 Å². The van der Waals surface area contributed by atoms with Crippen LogP contribution in [0.4, 0.5) is 0 Å². The van der Waals surface area contributed by atoms with E-state index in [9.17, 15) is 0 Å². The molecule has 0 bridgehead atoms. The molecule has 0 amide bonds. The van der Waals surface area contributed by atoms with Crippen molar-refractivity contribution in [2.75, 3.05) is 0 Å². The van der Waals surface area contributed by atoms with Gasteiger partial charge < -0.3 is 0 Å². The molecule has 2 rings (SSSR count). The van der Waals surface area contributed by atoms with Gasteiger partial charge in [-0.05, 0) is 81.5 Å². The van der Waals surface area contributed by atoms with Crippen molar-refractivity contribution in [2.45, 2.75) is 51.4 Å². The van der Waals surface area contributed by atoms with Crippen LogP contribution in [0.3, 0.4) is 0 Å². The molecule has 1 aliphatic rings. The van der Waals surface area contributed by atoms with E-state index in [0.29, 0.717) is 0 Å². The maximum Gasteiger partial charge on any atom is 0.0509 e. The summed E-state index contributed by atoms with van der Waals surface area (Å²) in [4.78, 5) is 0. The van der Waals surface area contributed by atoms with Crippen molar-refractivity contribution in [3.8, 4) is 0 Å². The zero-order chi connectivity index (χ0) is 13.5. The molecule has 2 heteroatoms. The zero-order valence-electron chi connectivity index (χ0n) is 11.4. The summed E-state index contributed by atoms with van der Waals surface area (Å²) < 4.78 is 1.47. The number of hydrogen-bond acceptors (Lipinski definition) is 0. The van der Waals surface area contributed by atoms with E-state index >= 15 is 0 Å². The normalized spacial score (nSPS) is 16.3. The van der Waals surface area contributed by atoms with E-state index in [2.05, 4.69) is 75.5 Å². The van der Waals surface area contributed by atoms with Crippen LogP contribution in [0, 0.1) is 5.92 Å². The van der Waals surface area contributed by atoms with Gasteiger partial charge in [-0.3, -0.25) is 0 Å². The fraction of sp³-hybridized carbons (Fsp3) is 0.529. The number of hydrogen-bond donors (Lipinski definition) is 0. The van der Waals surface area contributed by atoms with E-state index in [4.69, 9.17) is 0 Å². The highest BCUT2D eigenvalue weighted by Gasteiger charge is 2.14. The van der Waals surface area contributed by atoms with Gasteiger partial charge in [0.25, 0.3) is 0 Å². The molecule has 0 saturated heterocycles. The fourth-order valence-corrected chi connectivity index (χ4v) is 3.87. The lowest BCUT2D eigenvalue weighted by Gasteiger charge is -2.22. The first kappa shape index (κ1) is 15.8. The molecule has 0 nitrogen and oxygen atoms in total. The SMILES string of the molecule is IC(I)=C(CCC1CCCCC1)Cc1ccccc1. The van der Waals surface area contributed by atoms with Crippen molar-refractivity contribution < 1.29 is 0 Å². The molecule has 0 radical (unpaired) electrons. The van der Waals surface area contributed by atoms with Gasteiger partial charge in [0.15, 0.2) is 0 Å². The van der Waals surface area contributed by atoms with E-state index in [1.165, 1.54) is 52.1 Å². The summed E-state index contributed by atoms with van der Waals surface area (Å²) in [5, 5.41) is 0. The van der Waals surface area contributed by atoms with Gasteiger partial charge in [-0.2, -0.15) is 0 Å². The molecule has 1 fully saturated rings. The Balaban J connectivity index is 1.88. The molecule has 0 unspecified atom stereocenters. The Kier molecular flexibility index (Phi) is 7.19. The highest BCUT2D eigenvalue weighted by atomic mass is 127. The summed E-state index contributed by atoms with van der Waals surface area (Å²) in [7, 11) is 0. The lowest BCUT2D eigenvalue weighted by atomic mass is 9.85. The van der Waals surface area contributed by atoms with Crippen LogP contribution in [0.2, 0.25) is 0 Å². The smallest absolute Gasteiger partial charge is 0.0509 e. The maximum atomic E-state index is 2.49. The Morgan fingerprint density at radius 1 is 1.00 bits per heavy atom. The predicted molar refractivity (Wildman–Crippen MR) is 101 cm³/mol. The van der Waals surface area contributed by atoms with Gasteiger partial charge in [0.05, 0.1) is 1.59 Å². The Morgan fingerprint density at radius 2 is 1.68 bits per heavy atom. The molecule has 1 aromatic carbocycles. The number of benzene rings is 1. The third kappa shape index (κ3) is 5.74. The zero-order valence-corrected chi connectivity index (χ0v) is 15.7. The van der Waals surface area contributed by atoms with Gasteiger partial charge in [0.1, 0.15) is 0 Å². The second-order valence-electron chi connectivity index (χ2n) is 5.57. The van der Waals surface area contributed by atoms with Crippen molar-refractivity contribution in [1.82, 2.24) is 0 Å². The first-order chi connectivity index (χ1) is 9.25. The second kappa shape index (κ2) is 8.65. The number of rotatable bonds is 5. The lowest BCUT2D eigenvalue weighted by molar-refractivity contribution is 0.338. The van der Waals surface area contributed by atoms with Crippen molar-refractivity contribution in [3.05, 3.63) is 43.1 Å². The molecule has 0 spiro atoms. The van der Waals surface area contributed by atoms with E-state index in [0.717, 1.165) is 12.3 Å². The number of halogens is 2. The molecular weight excluding hydrogens is 458 g/mol. The Morgan fingerprint density at radius 3 is 2.32 bits per heavy atom. The molecule has 104 valence electrons. The lowest BCUT2D eigenvalue weighted by Crippen LogP contribution is -2.07. The van der Waals surface area contributed by atoms with Gasteiger partial charge in [-0.1, -0.05) is 62.4 Å². The quantitative estimate of drug-likeness (QED) is 0.413. The van der Waals surface area contributed by atoms with Gasteiger partial charge in [0.2, 0.25) is 0 Å². The predicted octanol–water partition coefficient (Wildman–Crippen LogP) is 6.67. The van der Waals surface area contributed by atoms with Crippen LogP contribution in [0.5, 0.6) is 0 Å². The van der Waals surface area contributed by atoms with Crippen LogP contribution in [-0.2, 0) is 6.42 Å². The molecule has 1 saturated carbocycles. The molecule has 0 heterocycles. The fourth-order valence-electron chi connectivity index (χ4n) is 2.95. The highest BCUT2D eigenvalue weighted by molar-refractivity contribution is 14.2. The monoisotopic (exact) mass is 480 g/mol. The van der Waals surface area contributed by atoms with Gasteiger partial charge in [-0.25, -0.2) is 0 Å². The average molecular weight is 480 g/mol. The van der Waals surface area contributed by atoms with Crippen LogP contribution in [-0.4, -0.2) is 0 Å². The third-order valence-corrected chi connectivity index (χ3v) is 5.63. The summed E-state index contributed by atoms with van der Waals surface area (Å²) in [6.45, 7) is 0. The van der Waals surface area contributed by atoms with Crippen LogP contribution in [0.25, 0.3) is 0 Å². The minimum atomic E-state index is 0.992. The molecular formula is C17H22I2. The Labute approximate surface area is 144 Å². The topological polar surface area (TPSA) is 0 Å². The molecule has 0 aliphatic heterocycles. The van der Waals surface area contributed by atoms with Crippen LogP contribution in [0.15, 0.2) is 37.5 Å². The Hall–Kier alpha value is 0.420. The number of allylic oxidation sites excluding steroid dienone is 1. The van der Waals surface area contributed by atoms with Gasteiger partial charge in [0, 0.05) is 0 Å². The molecule has 0 N–H and O–H groups in total. The second-order valence-corrected chi connectivity index (χ2v) is 9.79. The van der Waals surface area contributed by atoms with Crippen LogP contribution >= 0.6 is 45.2 Å². The van der Waals surface area contributed by atoms with E-state index in [1.807, 2.05) is 0 Å². The molecule has 0 atom stereocenters. The van der Waals surface area contributed by atoms with Crippen molar-refractivity contribution in [1.29, 1.82) is 0 Å². The summed E-state index contributed by atoms with van der Waals surface area (Å²) in [6, 6.07) is 10.9. The largest absolute Gasteiger partial charge is 0.0622 e. The summed E-state index contributed by atoms with van der Waals surface area (Å²) in [5.74, 6) is 0.992. The minimum absolute atomic E-state index is 0.992. The molecule has 0 aromatic heterocycles. The van der Waals surface area contributed by atoms with Gasteiger partial charge >= 0.3 is 0 Å². The first-order valence-corrected chi connectivity index (χ1v) is 9.48. The Bertz CT molecular complexity index is 399. The molecule has 19 heavy (non-hydrogen) atoms. The summed E-state index contributed by atoms with van der Waals surface area (Å²) in [6.07, 6.45) is 11.2. The highest BCUT2D eigenvalue weighted by Crippen LogP contribution is 2.32. The summed E-state index contributed by atoms with van der Waals surface area (Å²) in [5.41, 5.74) is 3.09. The molecule has 1 aliphatic carbocycles. The first-order valence-electron chi connectivity index (χ1n) is 7.32.